The second kappa shape index (κ2) is 9.13. The molecule has 0 amide bonds. The highest BCUT2D eigenvalue weighted by molar-refractivity contribution is 6.30. The minimum Gasteiger partial charge on any atom is -0.402 e. The molecule has 0 bridgehead atoms. The van der Waals surface area contributed by atoms with Gasteiger partial charge in [0, 0.05) is 43.3 Å². The van der Waals surface area contributed by atoms with Crippen LogP contribution in [0.3, 0.4) is 0 Å². The molecule has 0 radical (unpaired) electrons. The van der Waals surface area contributed by atoms with Crippen molar-refractivity contribution in [3.05, 3.63) is 58.8 Å². The fraction of sp³-hybridized carbons (Fsp3) is 0.480. The van der Waals surface area contributed by atoms with Gasteiger partial charge in [-0.2, -0.15) is 0 Å². The van der Waals surface area contributed by atoms with E-state index >= 15 is 0 Å². The van der Waals surface area contributed by atoms with Crippen molar-refractivity contribution >= 4 is 17.4 Å². The van der Waals surface area contributed by atoms with E-state index in [0.717, 1.165) is 22.9 Å². The van der Waals surface area contributed by atoms with Crippen LogP contribution >= 0.6 is 11.6 Å². The van der Waals surface area contributed by atoms with Crippen LogP contribution in [0.15, 0.2) is 36.5 Å². The van der Waals surface area contributed by atoms with Gasteiger partial charge in [0.15, 0.2) is 17.4 Å². The molecule has 0 spiro atoms. The number of pyridine rings is 1. The van der Waals surface area contributed by atoms with Crippen molar-refractivity contribution in [1.82, 2.24) is 24.6 Å². The first-order valence-corrected chi connectivity index (χ1v) is 12.7. The van der Waals surface area contributed by atoms with Crippen molar-refractivity contribution in [2.24, 2.45) is 0 Å². The van der Waals surface area contributed by atoms with Crippen LogP contribution in [-0.2, 0) is 13.1 Å². The number of rotatable bonds is 5. The number of alkyl halides is 4. The number of halogens is 5. The van der Waals surface area contributed by atoms with Crippen molar-refractivity contribution in [3.63, 3.8) is 0 Å². The van der Waals surface area contributed by atoms with Gasteiger partial charge in [0.05, 0.1) is 12.2 Å². The number of benzene rings is 1. The second-order valence-electron chi connectivity index (χ2n) is 10.0. The number of piperidine rings is 1. The molecule has 12 heteroatoms. The zero-order chi connectivity index (χ0) is 25.8. The standard InChI is InChI=1S/C25H25ClF4N6O/c26-18-3-4-19-17(12-18)13-34(15-24(27)7-8-24)14-21-32-33-22(36(19)21)16-5-10-35(11-6-16)23-20(2-1-9-31-23)37-25(28,29)30/h1-4,9,12,16H,5-8,10-11,13-15H2. The molecule has 196 valence electrons. The molecule has 7 nitrogen and oxygen atoms in total. The van der Waals surface area contributed by atoms with Crippen molar-refractivity contribution in [2.45, 2.75) is 56.7 Å². The van der Waals surface area contributed by atoms with Gasteiger partial charge in [-0.3, -0.25) is 9.47 Å². The molecule has 0 N–H and O–H groups in total. The van der Waals surface area contributed by atoms with E-state index in [9.17, 15) is 17.6 Å². The number of nitrogens with zero attached hydrogens (tertiary/aromatic N) is 6. The maximum Gasteiger partial charge on any atom is 0.573 e. The summed E-state index contributed by atoms with van der Waals surface area (Å²) in [5, 5.41) is 9.65. The third-order valence-electron chi connectivity index (χ3n) is 7.23. The van der Waals surface area contributed by atoms with E-state index in [1.807, 2.05) is 23.1 Å². The average molecular weight is 537 g/mol. The van der Waals surface area contributed by atoms with Gasteiger partial charge in [-0.05, 0) is 61.6 Å². The molecule has 1 saturated carbocycles. The number of ether oxygens (including phenoxy) is 1. The Morgan fingerprint density at radius 2 is 1.86 bits per heavy atom. The number of fused-ring (bicyclic) bond motifs is 3. The van der Waals surface area contributed by atoms with Gasteiger partial charge in [-0.25, -0.2) is 9.37 Å². The molecule has 3 aromatic rings. The van der Waals surface area contributed by atoms with Gasteiger partial charge >= 0.3 is 6.36 Å². The van der Waals surface area contributed by atoms with E-state index in [1.165, 1.54) is 18.3 Å². The number of hydrogen-bond acceptors (Lipinski definition) is 6. The molecule has 2 aromatic heterocycles. The highest BCUT2D eigenvalue weighted by Gasteiger charge is 2.45. The molecule has 37 heavy (non-hydrogen) atoms. The van der Waals surface area contributed by atoms with E-state index in [1.54, 1.807) is 0 Å². The topological polar surface area (TPSA) is 59.3 Å². The van der Waals surface area contributed by atoms with Gasteiger partial charge in [0.2, 0.25) is 0 Å². The van der Waals surface area contributed by atoms with Crippen molar-refractivity contribution < 1.29 is 22.3 Å². The first kappa shape index (κ1) is 24.4. The maximum absolute atomic E-state index is 14.6. The fourth-order valence-corrected chi connectivity index (χ4v) is 5.53. The number of aromatic nitrogens is 4. The Morgan fingerprint density at radius 1 is 1.08 bits per heavy atom. The fourth-order valence-electron chi connectivity index (χ4n) is 5.34. The Hall–Kier alpha value is -2.92. The smallest absolute Gasteiger partial charge is 0.402 e. The van der Waals surface area contributed by atoms with Crippen molar-refractivity contribution in [1.29, 1.82) is 0 Å². The lowest BCUT2D eigenvalue weighted by atomic mass is 9.95. The monoisotopic (exact) mass is 536 g/mol. The molecule has 2 fully saturated rings. The van der Waals surface area contributed by atoms with Crippen LogP contribution in [0.1, 0.15) is 48.8 Å². The summed E-state index contributed by atoms with van der Waals surface area (Å²) in [5.41, 5.74) is 0.777. The van der Waals surface area contributed by atoms with Crippen LogP contribution in [0.2, 0.25) is 5.02 Å². The van der Waals surface area contributed by atoms with Crippen LogP contribution in [0.5, 0.6) is 5.75 Å². The van der Waals surface area contributed by atoms with E-state index < -0.39 is 12.0 Å². The maximum atomic E-state index is 14.6. The quantitative estimate of drug-likeness (QED) is 0.406. The molecule has 4 heterocycles. The third kappa shape index (κ3) is 5.11. The van der Waals surface area contributed by atoms with Gasteiger partial charge in [0.1, 0.15) is 11.5 Å². The Balaban J connectivity index is 1.25. The van der Waals surface area contributed by atoms with E-state index in [0.29, 0.717) is 63.4 Å². The molecule has 1 aromatic carbocycles. The van der Waals surface area contributed by atoms with Gasteiger partial charge < -0.3 is 9.64 Å². The Morgan fingerprint density at radius 3 is 2.59 bits per heavy atom. The molecule has 0 unspecified atom stereocenters. The molecule has 2 aliphatic heterocycles. The highest BCUT2D eigenvalue weighted by atomic mass is 35.5. The zero-order valence-electron chi connectivity index (χ0n) is 19.9. The van der Waals surface area contributed by atoms with Gasteiger partial charge in [0.25, 0.3) is 0 Å². The largest absolute Gasteiger partial charge is 0.573 e. The minimum atomic E-state index is -4.79. The molecule has 6 rings (SSSR count). The summed E-state index contributed by atoms with van der Waals surface area (Å²) < 4.78 is 59.5. The second-order valence-corrected chi connectivity index (χ2v) is 10.4. The lowest BCUT2D eigenvalue weighted by molar-refractivity contribution is -0.274. The average Bonchev–Trinajstić information content (AvgIpc) is 3.47. The molecular formula is C25H25ClF4N6O. The third-order valence-corrected chi connectivity index (χ3v) is 7.47. The SMILES string of the molecule is FC1(CN2Cc3cc(Cl)ccc3-n3c(nnc3C3CCN(c4ncccc4OC(F)(F)F)CC3)C2)CC1. The molecule has 3 aliphatic rings. The molecular weight excluding hydrogens is 512 g/mol. The Labute approximate surface area is 216 Å². The van der Waals surface area contributed by atoms with E-state index in [-0.39, 0.29) is 17.5 Å². The summed E-state index contributed by atoms with van der Waals surface area (Å²) in [6, 6.07) is 8.38. The Kier molecular flexibility index (Phi) is 6.02. The predicted octanol–water partition coefficient (Wildman–Crippen LogP) is 5.42. The summed E-state index contributed by atoms with van der Waals surface area (Å²) in [7, 11) is 0. The molecule has 1 aliphatic carbocycles. The highest BCUT2D eigenvalue weighted by Crippen LogP contribution is 2.42. The normalized spacial score (nSPS) is 19.8. The lowest BCUT2D eigenvalue weighted by Gasteiger charge is -2.33. The zero-order valence-corrected chi connectivity index (χ0v) is 20.6. The van der Waals surface area contributed by atoms with Crippen LogP contribution in [-0.4, -0.2) is 56.3 Å². The summed E-state index contributed by atoms with van der Waals surface area (Å²) in [6.07, 6.45) is -0.871. The number of hydrogen-bond donors (Lipinski definition) is 0. The predicted molar refractivity (Wildman–Crippen MR) is 129 cm³/mol. The molecule has 1 saturated heterocycles. The Bertz CT molecular complexity index is 1300. The van der Waals surface area contributed by atoms with E-state index in [2.05, 4.69) is 29.4 Å². The number of anilines is 1. The first-order valence-electron chi connectivity index (χ1n) is 12.3. The van der Waals surface area contributed by atoms with Gasteiger partial charge in [-0.15, -0.1) is 23.4 Å². The van der Waals surface area contributed by atoms with Crippen LogP contribution in [0.25, 0.3) is 5.69 Å². The molecule has 0 atom stereocenters. The lowest BCUT2D eigenvalue weighted by Crippen LogP contribution is -2.35. The van der Waals surface area contributed by atoms with E-state index in [4.69, 9.17) is 11.6 Å². The minimum absolute atomic E-state index is 0.0409. The summed E-state index contributed by atoms with van der Waals surface area (Å²) in [5.74, 6) is 1.45. The summed E-state index contributed by atoms with van der Waals surface area (Å²) in [4.78, 5) is 8.03. The first-order chi connectivity index (χ1) is 17.7. The summed E-state index contributed by atoms with van der Waals surface area (Å²) in [6.45, 7) is 2.34. The van der Waals surface area contributed by atoms with Crippen LogP contribution in [0.4, 0.5) is 23.4 Å². The summed E-state index contributed by atoms with van der Waals surface area (Å²) >= 11 is 6.31. The van der Waals surface area contributed by atoms with Crippen molar-refractivity contribution in [3.8, 4) is 11.4 Å². The van der Waals surface area contributed by atoms with Crippen LogP contribution in [0, 0.1) is 0 Å². The van der Waals surface area contributed by atoms with Crippen molar-refractivity contribution in [2.75, 3.05) is 24.5 Å². The van der Waals surface area contributed by atoms with Gasteiger partial charge in [-0.1, -0.05) is 11.6 Å². The van der Waals surface area contributed by atoms with Crippen LogP contribution < -0.4 is 9.64 Å².